The molecule has 0 bridgehead atoms. The number of anilines is 2. The van der Waals surface area contributed by atoms with Crippen LogP contribution in [0.3, 0.4) is 0 Å². The van der Waals surface area contributed by atoms with E-state index in [0.29, 0.717) is 11.1 Å². The number of phenolic OH excluding ortho intramolecular Hbond substituents is 1. The van der Waals surface area contributed by atoms with E-state index in [2.05, 4.69) is 10.0 Å². The van der Waals surface area contributed by atoms with Crippen molar-refractivity contribution in [2.45, 2.75) is 18.7 Å². The zero-order valence-corrected chi connectivity index (χ0v) is 15.3. The van der Waals surface area contributed by atoms with Gasteiger partial charge >= 0.3 is 5.63 Å². The molecule has 0 spiro atoms. The number of hydrogen-bond donors (Lipinski definition) is 3. The number of carbonyl (C=O) groups is 1. The van der Waals surface area contributed by atoms with Crippen molar-refractivity contribution < 1.29 is 22.7 Å². The van der Waals surface area contributed by atoms with E-state index in [4.69, 9.17) is 4.42 Å². The van der Waals surface area contributed by atoms with Crippen LogP contribution < -0.4 is 15.7 Å². The summed E-state index contributed by atoms with van der Waals surface area (Å²) in [6.07, 6.45) is 0. The summed E-state index contributed by atoms with van der Waals surface area (Å²) in [6.45, 7) is 2.82. The minimum absolute atomic E-state index is 0.0871. The van der Waals surface area contributed by atoms with Crippen molar-refractivity contribution in [2.24, 2.45) is 0 Å². The number of sulfonamides is 1. The minimum Gasteiger partial charge on any atom is -0.508 e. The van der Waals surface area contributed by atoms with Crippen LogP contribution in [0.25, 0.3) is 11.0 Å². The van der Waals surface area contributed by atoms with Gasteiger partial charge < -0.3 is 14.8 Å². The van der Waals surface area contributed by atoms with Gasteiger partial charge in [0.1, 0.15) is 11.3 Å². The smallest absolute Gasteiger partial charge is 0.357 e. The van der Waals surface area contributed by atoms with Crippen LogP contribution in [-0.2, 0) is 14.8 Å². The first-order chi connectivity index (χ1) is 12.7. The third-order valence-electron chi connectivity index (χ3n) is 3.80. The summed E-state index contributed by atoms with van der Waals surface area (Å²) in [4.78, 5) is 22.9. The van der Waals surface area contributed by atoms with E-state index in [1.54, 1.807) is 12.1 Å². The number of nitrogens with one attached hydrogen (secondary N) is 2. The van der Waals surface area contributed by atoms with Crippen LogP contribution >= 0.6 is 0 Å². The molecule has 0 saturated heterocycles. The highest BCUT2D eigenvalue weighted by Gasteiger charge is 2.25. The van der Waals surface area contributed by atoms with E-state index in [9.17, 15) is 23.1 Å². The minimum atomic E-state index is -4.25. The van der Waals surface area contributed by atoms with E-state index in [-0.39, 0.29) is 28.5 Å². The number of rotatable bonds is 4. The maximum absolute atomic E-state index is 12.8. The van der Waals surface area contributed by atoms with Gasteiger partial charge in [0.05, 0.1) is 5.69 Å². The quantitative estimate of drug-likeness (QED) is 0.590. The summed E-state index contributed by atoms with van der Waals surface area (Å²) >= 11 is 0. The summed E-state index contributed by atoms with van der Waals surface area (Å²) in [6, 6.07) is 10.1. The Morgan fingerprint density at radius 1 is 1.11 bits per heavy atom. The number of fused-ring (bicyclic) bond motifs is 1. The first kappa shape index (κ1) is 18.5. The predicted molar refractivity (Wildman–Crippen MR) is 100 cm³/mol. The number of hydrogen-bond acceptors (Lipinski definition) is 6. The van der Waals surface area contributed by atoms with Crippen LogP contribution in [0.1, 0.15) is 12.5 Å². The van der Waals surface area contributed by atoms with Crippen LogP contribution in [-0.4, -0.2) is 19.4 Å². The third-order valence-corrected chi connectivity index (χ3v) is 5.32. The molecule has 3 aromatic rings. The topological polar surface area (TPSA) is 126 Å². The van der Waals surface area contributed by atoms with Gasteiger partial charge in [0.2, 0.25) is 5.91 Å². The van der Waals surface area contributed by atoms with Gasteiger partial charge in [-0.3, -0.25) is 9.52 Å². The first-order valence-corrected chi connectivity index (χ1v) is 9.32. The van der Waals surface area contributed by atoms with Gasteiger partial charge in [-0.1, -0.05) is 6.07 Å². The number of phenols is 1. The monoisotopic (exact) mass is 388 g/mol. The standard InChI is InChI=1S/C18H16N2O6S/c1-10-15-7-6-14(22)9-16(15)26-18(23)17(10)27(24,25)20-13-5-3-4-12(8-13)19-11(2)21/h3-9,20,22H,1-2H3,(H,19,21). The molecule has 8 nitrogen and oxygen atoms in total. The number of amides is 1. The average molecular weight is 388 g/mol. The normalized spacial score (nSPS) is 11.3. The Kier molecular flexibility index (Phi) is 4.63. The molecule has 1 amide bonds. The zero-order chi connectivity index (χ0) is 19.8. The molecule has 3 rings (SSSR count). The Bertz CT molecular complexity index is 1210. The van der Waals surface area contributed by atoms with E-state index >= 15 is 0 Å². The molecule has 27 heavy (non-hydrogen) atoms. The van der Waals surface area contributed by atoms with Gasteiger partial charge in [0.15, 0.2) is 4.90 Å². The molecule has 0 radical (unpaired) electrons. The number of aryl methyl sites for hydroxylation is 1. The largest absolute Gasteiger partial charge is 0.508 e. The fraction of sp³-hybridized carbons (Fsp3) is 0.111. The van der Waals surface area contributed by atoms with Crippen LogP contribution in [0.4, 0.5) is 11.4 Å². The van der Waals surface area contributed by atoms with Gasteiger partial charge in [0, 0.05) is 24.1 Å². The van der Waals surface area contributed by atoms with Crippen LogP contribution in [0.5, 0.6) is 5.75 Å². The highest BCUT2D eigenvalue weighted by atomic mass is 32.2. The molecule has 0 aliphatic rings. The van der Waals surface area contributed by atoms with Gasteiger partial charge in [-0.05, 0) is 42.8 Å². The fourth-order valence-electron chi connectivity index (χ4n) is 2.71. The molecule has 0 aliphatic carbocycles. The number of aromatic hydroxyl groups is 1. The summed E-state index contributed by atoms with van der Waals surface area (Å²) < 4.78 is 32.9. The SMILES string of the molecule is CC(=O)Nc1cccc(NS(=O)(=O)c2c(C)c3ccc(O)cc3oc2=O)c1. The lowest BCUT2D eigenvalue weighted by molar-refractivity contribution is -0.114. The van der Waals surface area contributed by atoms with Crippen molar-refractivity contribution in [1.29, 1.82) is 0 Å². The Morgan fingerprint density at radius 2 is 1.81 bits per heavy atom. The molecule has 140 valence electrons. The summed E-state index contributed by atoms with van der Waals surface area (Å²) in [7, 11) is -4.25. The molecule has 0 unspecified atom stereocenters. The Balaban J connectivity index is 2.07. The number of carbonyl (C=O) groups excluding carboxylic acids is 1. The van der Waals surface area contributed by atoms with Crippen molar-refractivity contribution in [3.05, 3.63) is 58.4 Å². The lowest BCUT2D eigenvalue weighted by atomic mass is 10.1. The van der Waals surface area contributed by atoms with Crippen molar-refractivity contribution in [3.8, 4) is 5.75 Å². The molecular weight excluding hydrogens is 372 g/mol. The predicted octanol–water partition coefficient (Wildman–Crippen LogP) is 2.57. The second-order valence-electron chi connectivity index (χ2n) is 5.89. The summed E-state index contributed by atoms with van der Waals surface area (Å²) in [5, 5.41) is 12.4. The van der Waals surface area contributed by atoms with Gasteiger partial charge in [0.25, 0.3) is 10.0 Å². The molecule has 0 aliphatic heterocycles. The Hall–Kier alpha value is -3.33. The molecule has 0 atom stereocenters. The maximum Gasteiger partial charge on any atom is 0.357 e. The lowest BCUT2D eigenvalue weighted by Crippen LogP contribution is -2.22. The first-order valence-electron chi connectivity index (χ1n) is 7.84. The average Bonchev–Trinajstić information content (AvgIpc) is 2.53. The Morgan fingerprint density at radius 3 is 2.52 bits per heavy atom. The number of benzene rings is 2. The van der Waals surface area contributed by atoms with E-state index in [1.807, 2.05) is 0 Å². The maximum atomic E-state index is 12.8. The van der Waals surface area contributed by atoms with E-state index in [1.165, 1.54) is 44.2 Å². The summed E-state index contributed by atoms with van der Waals surface area (Å²) in [5.74, 6) is -0.405. The highest BCUT2D eigenvalue weighted by Crippen LogP contribution is 2.26. The second-order valence-corrected chi connectivity index (χ2v) is 7.51. The molecule has 3 N–H and O–H groups in total. The molecule has 0 saturated carbocycles. The van der Waals surface area contributed by atoms with Crippen LogP contribution in [0.15, 0.2) is 56.6 Å². The fourth-order valence-corrected chi connectivity index (χ4v) is 4.02. The van der Waals surface area contributed by atoms with Crippen LogP contribution in [0.2, 0.25) is 0 Å². The third kappa shape index (κ3) is 3.77. The molecule has 1 aromatic heterocycles. The Labute approximate surface area is 154 Å². The van der Waals surface area contributed by atoms with Gasteiger partial charge in [-0.15, -0.1) is 0 Å². The van der Waals surface area contributed by atoms with Crippen molar-refractivity contribution >= 4 is 38.3 Å². The molecule has 2 aromatic carbocycles. The highest BCUT2D eigenvalue weighted by molar-refractivity contribution is 7.92. The molecular formula is C18H16N2O6S. The van der Waals surface area contributed by atoms with Crippen molar-refractivity contribution in [3.63, 3.8) is 0 Å². The molecule has 1 heterocycles. The summed E-state index contributed by atoms with van der Waals surface area (Å²) in [5.41, 5.74) is -0.182. The molecule has 9 heteroatoms. The van der Waals surface area contributed by atoms with Gasteiger partial charge in [-0.25, -0.2) is 13.2 Å². The van der Waals surface area contributed by atoms with E-state index < -0.39 is 20.5 Å². The van der Waals surface area contributed by atoms with Crippen molar-refractivity contribution in [1.82, 2.24) is 0 Å². The lowest BCUT2D eigenvalue weighted by Gasteiger charge is -2.12. The van der Waals surface area contributed by atoms with Gasteiger partial charge in [-0.2, -0.15) is 0 Å². The van der Waals surface area contributed by atoms with Crippen LogP contribution in [0, 0.1) is 6.92 Å². The molecule has 0 fully saturated rings. The second kappa shape index (κ2) is 6.76. The van der Waals surface area contributed by atoms with E-state index in [0.717, 1.165) is 0 Å². The van der Waals surface area contributed by atoms with Crippen molar-refractivity contribution in [2.75, 3.05) is 10.0 Å². The zero-order valence-electron chi connectivity index (χ0n) is 14.4.